The molecule has 0 atom stereocenters. The van der Waals surface area contributed by atoms with Gasteiger partial charge in [0.2, 0.25) is 0 Å². The maximum atomic E-state index is 5.90. The van der Waals surface area contributed by atoms with E-state index in [2.05, 4.69) is 23.1 Å². The van der Waals surface area contributed by atoms with Crippen LogP contribution in [0.25, 0.3) is 0 Å². The molecule has 4 heteroatoms. The smallest absolute Gasteiger partial charge is 0.0640 e. The summed E-state index contributed by atoms with van der Waals surface area (Å²) in [6, 6.07) is 4.04. The lowest BCUT2D eigenvalue weighted by atomic mass is 10.2. The van der Waals surface area contributed by atoms with Gasteiger partial charge < -0.3 is 0 Å². The van der Waals surface area contributed by atoms with Crippen LogP contribution >= 0.6 is 11.6 Å². The molecule has 0 spiro atoms. The van der Waals surface area contributed by atoms with Crippen molar-refractivity contribution in [2.75, 3.05) is 0 Å². The molecule has 0 N–H and O–H groups in total. The van der Waals surface area contributed by atoms with Gasteiger partial charge in [-0.25, -0.2) is 0 Å². The zero-order valence-electron chi connectivity index (χ0n) is 10.2. The van der Waals surface area contributed by atoms with E-state index in [1.807, 2.05) is 23.9 Å². The van der Waals surface area contributed by atoms with Crippen molar-refractivity contribution in [2.45, 2.75) is 32.7 Å². The summed E-state index contributed by atoms with van der Waals surface area (Å²) in [5.41, 5.74) is 4.58. The summed E-state index contributed by atoms with van der Waals surface area (Å²) in [4.78, 5) is 4.11. The fourth-order valence-electron chi connectivity index (χ4n) is 1.93. The number of nitrogens with zero attached hydrogens (tertiary/aromatic N) is 3. The van der Waals surface area contributed by atoms with Gasteiger partial charge in [-0.2, -0.15) is 5.10 Å². The Hall–Kier alpha value is -1.35. The number of aromatic nitrogens is 3. The average molecular weight is 250 g/mol. The van der Waals surface area contributed by atoms with Crippen LogP contribution in [0.15, 0.2) is 24.5 Å². The van der Waals surface area contributed by atoms with Crippen molar-refractivity contribution in [1.29, 1.82) is 0 Å². The standard InChI is InChI=1S/C13H16ClN3/c1-10-13(8-14)11(2)17(16-10)7-5-12-4-3-6-15-9-12/h3-4,6,9H,5,7-8H2,1-2H3. The molecule has 2 aromatic rings. The third kappa shape index (κ3) is 2.67. The minimum absolute atomic E-state index is 0.532. The summed E-state index contributed by atoms with van der Waals surface area (Å²) in [6.07, 6.45) is 4.63. The van der Waals surface area contributed by atoms with Crippen LogP contribution in [0.5, 0.6) is 0 Å². The van der Waals surface area contributed by atoms with E-state index in [4.69, 9.17) is 11.6 Å². The highest BCUT2D eigenvalue weighted by molar-refractivity contribution is 6.17. The van der Waals surface area contributed by atoms with E-state index in [0.717, 1.165) is 24.2 Å². The molecule has 17 heavy (non-hydrogen) atoms. The number of alkyl halides is 1. The van der Waals surface area contributed by atoms with E-state index >= 15 is 0 Å². The SMILES string of the molecule is Cc1nn(CCc2cccnc2)c(C)c1CCl. The van der Waals surface area contributed by atoms with Gasteiger partial charge in [-0.1, -0.05) is 6.07 Å². The highest BCUT2D eigenvalue weighted by Crippen LogP contribution is 2.15. The van der Waals surface area contributed by atoms with Crippen molar-refractivity contribution in [2.24, 2.45) is 0 Å². The number of hydrogen-bond acceptors (Lipinski definition) is 2. The second kappa shape index (κ2) is 5.32. The zero-order chi connectivity index (χ0) is 12.3. The van der Waals surface area contributed by atoms with Gasteiger partial charge in [0.15, 0.2) is 0 Å². The highest BCUT2D eigenvalue weighted by atomic mass is 35.5. The first-order valence-corrected chi connectivity index (χ1v) is 6.23. The summed E-state index contributed by atoms with van der Waals surface area (Å²) >= 11 is 5.90. The van der Waals surface area contributed by atoms with Gasteiger partial charge in [-0.3, -0.25) is 9.67 Å². The number of rotatable bonds is 4. The van der Waals surface area contributed by atoms with Gasteiger partial charge in [-0.15, -0.1) is 11.6 Å². The first kappa shape index (κ1) is 12.1. The molecular formula is C13H16ClN3. The van der Waals surface area contributed by atoms with E-state index in [9.17, 15) is 0 Å². The molecule has 2 heterocycles. The summed E-state index contributed by atoms with van der Waals surface area (Å²) in [5, 5.41) is 4.51. The molecule has 0 amide bonds. The van der Waals surface area contributed by atoms with Crippen LogP contribution in [0.3, 0.4) is 0 Å². The minimum Gasteiger partial charge on any atom is -0.269 e. The highest BCUT2D eigenvalue weighted by Gasteiger charge is 2.09. The largest absolute Gasteiger partial charge is 0.269 e. The van der Waals surface area contributed by atoms with Crippen LogP contribution in [0.4, 0.5) is 0 Å². The normalized spacial score (nSPS) is 10.8. The molecule has 0 aliphatic heterocycles. The van der Waals surface area contributed by atoms with Crippen LogP contribution < -0.4 is 0 Å². The number of hydrogen-bond donors (Lipinski definition) is 0. The van der Waals surface area contributed by atoms with Crippen molar-refractivity contribution >= 4 is 11.6 Å². The molecule has 2 rings (SSSR count). The molecule has 3 nitrogen and oxygen atoms in total. The first-order chi connectivity index (χ1) is 8.22. The minimum atomic E-state index is 0.532. The van der Waals surface area contributed by atoms with Gasteiger partial charge in [0, 0.05) is 30.2 Å². The number of halogens is 1. The Morgan fingerprint density at radius 1 is 1.35 bits per heavy atom. The second-order valence-corrected chi connectivity index (χ2v) is 4.38. The van der Waals surface area contributed by atoms with Gasteiger partial charge in [0.25, 0.3) is 0 Å². The maximum Gasteiger partial charge on any atom is 0.0640 e. The summed E-state index contributed by atoms with van der Waals surface area (Å²) < 4.78 is 2.03. The van der Waals surface area contributed by atoms with E-state index < -0.39 is 0 Å². The molecule has 0 aliphatic carbocycles. The fraction of sp³-hybridized carbons (Fsp3) is 0.385. The van der Waals surface area contributed by atoms with Crippen LogP contribution in [-0.2, 0) is 18.8 Å². The summed E-state index contributed by atoms with van der Waals surface area (Å²) in [7, 11) is 0. The molecule has 90 valence electrons. The topological polar surface area (TPSA) is 30.7 Å². The van der Waals surface area contributed by atoms with E-state index in [1.54, 1.807) is 6.20 Å². The average Bonchev–Trinajstić information content (AvgIpc) is 2.63. The maximum absolute atomic E-state index is 5.90. The van der Waals surface area contributed by atoms with E-state index in [1.165, 1.54) is 11.3 Å². The van der Waals surface area contributed by atoms with Crippen LogP contribution in [0, 0.1) is 13.8 Å². The van der Waals surface area contributed by atoms with Gasteiger partial charge in [0.1, 0.15) is 0 Å². The van der Waals surface area contributed by atoms with Crippen molar-refractivity contribution in [3.8, 4) is 0 Å². The van der Waals surface area contributed by atoms with Gasteiger partial charge in [0.05, 0.1) is 11.6 Å². The lowest BCUT2D eigenvalue weighted by molar-refractivity contribution is 0.593. The Balaban J connectivity index is 2.10. The third-order valence-electron chi connectivity index (χ3n) is 3.00. The quantitative estimate of drug-likeness (QED) is 0.780. The van der Waals surface area contributed by atoms with Crippen LogP contribution in [-0.4, -0.2) is 14.8 Å². The fourth-order valence-corrected chi connectivity index (χ4v) is 2.31. The van der Waals surface area contributed by atoms with Gasteiger partial charge in [-0.05, 0) is 31.9 Å². The van der Waals surface area contributed by atoms with Crippen molar-refractivity contribution in [3.05, 3.63) is 47.0 Å². The van der Waals surface area contributed by atoms with E-state index in [-0.39, 0.29) is 0 Å². The van der Waals surface area contributed by atoms with Crippen molar-refractivity contribution in [3.63, 3.8) is 0 Å². The Labute approximate surface area is 106 Å². The monoisotopic (exact) mass is 249 g/mol. The van der Waals surface area contributed by atoms with Crippen molar-refractivity contribution < 1.29 is 0 Å². The van der Waals surface area contributed by atoms with Gasteiger partial charge >= 0.3 is 0 Å². The third-order valence-corrected chi connectivity index (χ3v) is 3.27. The Bertz CT molecular complexity index is 491. The molecule has 0 unspecified atom stereocenters. The van der Waals surface area contributed by atoms with Crippen LogP contribution in [0.2, 0.25) is 0 Å². The molecule has 0 saturated heterocycles. The molecule has 2 aromatic heterocycles. The van der Waals surface area contributed by atoms with Crippen molar-refractivity contribution in [1.82, 2.24) is 14.8 Å². The lowest BCUT2D eigenvalue weighted by Crippen LogP contribution is -2.05. The molecule has 0 aromatic carbocycles. The Morgan fingerprint density at radius 3 is 2.76 bits per heavy atom. The summed E-state index contributed by atoms with van der Waals surface area (Å²) in [5.74, 6) is 0.532. The van der Waals surface area contributed by atoms with Crippen LogP contribution in [0.1, 0.15) is 22.5 Å². The predicted octanol–water partition coefficient (Wildman–Crippen LogP) is 2.88. The molecule has 0 radical (unpaired) electrons. The molecular weight excluding hydrogens is 234 g/mol. The Morgan fingerprint density at radius 2 is 2.18 bits per heavy atom. The number of pyridine rings is 1. The molecule has 0 fully saturated rings. The van der Waals surface area contributed by atoms with E-state index in [0.29, 0.717) is 5.88 Å². The molecule has 0 aliphatic rings. The predicted molar refractivity (Wildman–Crippen MR) is 69.2 cm³/mol. The lowest BCUT2D eigenvalue weighted by Gasteiger charge is -2.04. The molecule has 0 saturated carbocycles. The zero-order valence-corrected chi connectivity index (χ0v) is 10.9. The molecule has 0 bridgehead atoms. The second-order valence-electron chi connectivity index (χ2n) is 4.12. The number of aryl methyl sites for hydroxylation is 3. The first-order valence-electron chi connectivity index (χ1n) is 5.70. The Kier molecular flexibility index (Phi) is 3.79. The summed E-state index contributed by atoms with van der Waals surface area (Å²) in [6.45, 7) is 4.95.